The van der Waals surface area contributed by atoms with Gasteiger partial charge in [0.15, 0.2) is 5.82 Å². The van der Waals surface area contributed by atoms with Gasteiger partial charge < -0.3 is 9.84 Å². The number of hydrogen-bond acceptors (Lipinski definition) is 5. The summed E-state index contributed by atoms with van der Waals surface area (Å²) in [6.07, 6.45) is 9.06. The molecule has 0 aromatic carbocycles. The van der Waals surface area contributed by atoms with E-state index in [1.165, 1.54) is 12.8 Å². The molecule has 2 aromatic heterocycles. The summed E-state index contributed by atoms with van der Waals surface area (Å²) in [7, 11) is 0. The molecule has 2 aromatic rings. The summed E-state index contributed by atoms with van der Waals surface area (Å²) in [5.74, 6) is 1.76. The average Bonchev–Trinajstić information content (AvgIpc) is 3.25. The Balaban J connectivity index is 1.46. The minimum Gasteiger partial charge on any atom is -0.349 e. The molecule has 118 valence electrons. The van der Waals surface area contributed by atoms with Gasteiger partial charge >= 0.3 is 0 Å². The fourth-order valence-corrected chi connectivity index (χ4v) is 2.83. The number of nitrogens with zero attached hydrogens (tertiary/aromatic N) is 3. The van der Waals surface area contributed by atoms with Gasteiger partial charge in [0.05, 0.1) is 12.2 Å². The summed E-state index contributed by atoms with van der Waals surface area (Å²) in [6, 6.07) is -0.0667. The Bertz CT molecular complexity index is 601. The number of aromatic nitrogens is 4. The van der Waals surface area contributed by atoms with Crippen LogP contribution in [0.5, 0.6) is 0 Å². The largest absolute Gasteiger partial charge is 0.349 e. The molecule has 0 aliphatic heterocycles. The lowest BCUT2D eigenvalue weighted by Gasteiger charge is -2.11. The molecular formula is C15H21N5O2. The van der Waals surface area contributed by atoms with Crippen molar-refractivity contribution in [2.75, 3.05) is 0 Å². The molecule has 7 heteroatoms. The van der Waals surface area contributed by atoms with E-state index in [0.717, 1.165) is 24.2 Å². The summed E-state index contributed by atoms with van der Waals surface area (Å²) >= 11 is 0. The van der Waals surface area contributed by atoms with E-state index in [1.807, 2.05) is 6.92 Å². The number of amides is 1. The van der Waals surface area contributed by atoms with E-state index in [1.54, 1.807) is 12.4 Å². The summed E-state index contributed by atoms with van der Waals surface area (Å²) in [4.78, 5) is 16.4. The lowest BCUT2D eigenvalue weighted by molar-refractivity contribution is -0.121. The van der Waals surface area contributed by atoms with Crippen molar-refractivity contribution < 1.29 is 9.32 Å². The molecule has 22 heavy (non-hydrogen) atoms. The standard InChI is InChI=1S/C15H21N5O2/c1-10(12-8-16-17-9-12)18-13(21)6-7-14-19-15(20-22-14)11-4-2-3-5-11/h8-11H,2-7H2,1H3,(H,16,17)(H,18,21). The van der Waals surface area contributed by atoms with Crippen LogP contribution < -0.4 is 5.32 Å². The zero-order valence-corrected chi connectivity index (χ0v) is 12.7. The Morgan fingerprint density at radius 2 is 2.32 bits per heavy atom. The highest BCUT2D eigenvalue weighted by atomic mass is 16.5. The molecule has 0 radical (unpaired) electrons. The molecule has 1 unspecified atom stereocenters. The first-order chi connectivity index (χ1) is 10.7. The first kappa shape index (κ1) is 14.7. The molecule has 1 saturated carbocycles. The lowest BCUT2D eigenvalue weighted by Crippen LogP contribution is -2.26. The van der Waals surface area contributed by atoms with Crippen LogP contribution in [0.4, 0.5) is 0 Å². The number of aryl methyl sites for hydroxylation is 1. The molecule has 7 nitrogen and oxygen atoms in total. The molecule has 3 rings (SSSR count). The third-order valence-electron chi connectivity index (χ3n) is 4.17. The van der Waals surface area contributed by atoms with Crippen LogP contribution in [0.25, 0.3) is 0 Å². The van der Waals surface area contributed by atoms with Crippen LogP contribution in [-0.4, -0.2) is 26.2 Å². The highest BCUT2D eigenvalue weighted by Crippen LogP contribution is 2.32. The van der Waals surface area contributed by atoms with Crippen molar-refractivity contribution >= 4 is 5.91 Å². The predicted octanol–water partition coefficient (Wildman–Crippen LogP) is 2.26. The van der Waals surface area contributed by atoms with E-state index in [2.05, 4.69) is 25.7 Å². The molecular weight excluding hydrogens is 282 g/mol. The van der Waals surface area contributed by atoms with Crippen LogP contribution in [0.15, 0.2) is 16.9 Å². The van der Waals surface area contributed by atoms with Crippen molar-refractivity contribution in [1.29, 1.82) is 0 Å². The maximum absolute atomic E-state index is 12.0. The van der Waals surface area contributed by atoms with Gasteiger partial charge in [-0.2, -0.15) is 10.1 Å². The number of carbonyl (C=O) groups is 1. The summed E-state index contributed by atoms with van der Waals surface area (Å²) < 4.78 is 5.25. The normalized spacial score (nSPS) is 16.8. The molecule has 1 aliphatic rings. The van der Waals surface area contributed by atoms with Crippen LogP contribution in [0, 0.1) is 0 Å². The monoisotopic (exact) mass is 303 g/mol. The summed E-state index contributed by atoms with van der Waals surface area (Å²) in [5.41, 5.74) is 0.953. The van der Waals surface area contributed by atoms with Crippen molar-refractivity contribution in [3.05, 3.63) is 29.7 Å². The Labute approximate surface area is 128 Å². The number of carbonyl (C=O) groups excluding carboxylic acids is 1. The van der Waals surface area contributed by atoms with Gasteiger partial charge in [0, 0.05) is 30.5 Å². The molecule has 2 heterocycles. The van der Waals surface area contributed by atoms with Gasteiger partial charge in [0.2, 0.25) is 11.8 Å². The van der Waals surface area contributed by atoms with Crippen LogP contribution in [-0.2, 0) is 11.2 Å². The van der Waals surface area contributed by atoms with Gasteiger partial charge in [-0.1, -0.05) is 18.0 Å². The van der Waals surface area contributed by atoms with Crippen LogP contribution in [0.2, 0.25) is 0 Å². The molecule has 0 saturated heterocycles. The molecule has 0 bridgehead atoms. The average molecular weight is 303 g/mol. The molecule has 2 N–H and O–H groups in total. The Morgan fingerprint density at radius 3 is 3.05 bits per heavy atom. The zero-order chi connectivity index (χ0) is 15.4. The molecule has 1 amide bonds. The third-order valence-corrected chi connectivity index (χ3v) is 4.17. The van der Waals surface area contributed by atoms with Crippen LogP contribution in [0.1, 0.15) is 68.3 Å². The van der Waals surface area contributed by atoms with Crippen molar-refractivity contribution in [2.45, 2.75) is 57.4 Å². The first-order valence-electron chi connectivity index (χ1n) is 7.83. The summed E-state index contributed by atoms with van der Waals surface area (Å²) in [6.45, 7) is 1.92. The minimum absolute atomic E-state index is 0.0330. The Kier molecular flexibility index (Phi) is 4.50. The second kappa shape index (κ2) is 6.72. The van der Waals surface area contributed by atoms with E-state index < -0.39 is 0 Å². The minimum atomic E-state index is -0.0667. The second-order valence-corrected chi connectivity index (χ2v) is 5.85. The topological polar surface area (TPSA) is 96.7 Å². The fraction of sp³-hybridized carbons (Fsp3) is 0.600. The Hall–Kier alpha value is -2.18. The maximum atomic E-state index is 12.0. The van der Waals surface area contributed by atoms with E-state index >= 15 is 0 Å². The highest BCUT2D eigenvalue weighted by molar-refractivity contribution is 5.76. The van der Waals surface area contributed by atoms with Crippen LogP contribution >= 0.6 is 0 Å². The van der Waals surface area contributed by atoms with E-state index in [-0.39, 0.29) is 11.9 Å². The van der Waals surface area contributed by atoms with Gasteiger partial charge in [0.1, 0.15) is 0 Å². The van der Waals surface area contributed by atoms with Crippen molar-refractivity contribution in [2.24, 2.45) is 0 Å². The van der Waals surface area contributed by atoms with E-state index in [0.29, 0.717) is 24.7 Å². The smallest absolute Gasteiger partial charge is 0.227 e. The third kappa shape index (κ3) is 3.52. The van der Waals surface area contributed by atoms with Gasteiger partial charge in [0.25, 0.3) is 0 Å². The second-order valence-electron chi connectivity index (χ2n) is 5.85. The number of nitrogens with one attached hydrogen (secondary N) is 2. The first-order valence-corrected chi connectivity index (χ1v) is 7.83. The zero-order valence-electron chi connectivity index (χ0n) is 12.7. The summed E-state index contributed by atoms with van der Waals surface area (Å²) in [5, 5.41) is 13.6. The molecule has 1 atom stereocenters. The fourth-order valence-electron chi connectivity index (χ4n) is 2.83. The van der Waals surface area contributed by atoms with Gasteiger partial charge in [-0.05, 0) is 19.8 Å². The van der Waals surface area contributed by atoms with Gasteiger partial charge in [-0.15, -0.1) is 0 Å². The van der Waals surface area contributed by atoms with E-state index in [4.69, 9.17) is 4.52 Å². The van der Waals surface area contributed by atoms with Crippen molar-refractivity contribution in [1.82, 2.24) is 25.7 Å². The highest BCUT2D eigenvalue weighted by Gasteiger charge is 2.22. The SMILES string of the molecule is CC(NC(=O)CCc1nc(C2CCCC2)no1)c1cn[nH]c1. The van der Waals surface area contributed by atoms with Gasteiger partial charge in [-0.3, -0.25) is 9.89 Å². The number of aromatic amines is 1. The quantitative estimate of drug-likeness (QED) is 0.853. The predicted molar refractivity (Wildman–Crippen MR) is 79.0 cm³/mol. The van der Waals surface area contributed by atoms with Crippen molar-refractivity contribution in [3.8, 4) is 0 Å². The molecule has 1 fully saturated rings. The number of hydrogen-bond donors (Lipinski definition) is 2. The van der Waals surface area contributed by atoms with E-state index in [9.17, 15) is 4.79 Å². The Morgan fingerprint density at radius 1 is 1.50 bits per heavy atom. The van der Waals surface area contributed by atoms with Gasteiger partial charge in [-0.25, -0.2) is 0 Å². The number of H-pyrrole nitrogens is 1. The molecule has 0 spiro atoms. The number of rotatable bonds is 6. The van der Waals surface area contributed by atoms with Crippen molar-refractivity contribution in [3.63, 3.8) is 0 Å². The lowest BCUT2D eigenvalue weighted by atomic mass is 10.1. The van der Waals surface area contributed by atoms with Crippen LogP contribution in [0.3, 0.4) is 0 Å². The molecule has 1 aliphatic carbocycles. The maximum Gasteiger partial charge on any atom is 0.227 e.